The van der Waals surface area contributed by atoms with E-state index in [1.54, 1.807) is 13.0 Å². The van der Waals surface area contributed by atoms with Crippen LogP contribution in [0.4, 0.5) is 0 Å². The molecule has 0 unspecified atom stereocenters. The van der Waals surface area contributed by atoms with E-state index in [1.807, 2.05) is 45.0 Å². The van der Waals surface area contributed by atoms with Gasteiger partial charge in [-0.1, -0.05) is 43.3 Å². The first-order valence-electron chi connectivity index (χ1n) is 15.0. The molecule has 1 aromatic heterocycles. The van der Waals surface area contributed by atoms with Gasteiger partial charge in [-0.3, -0.25) is 9.69 Å². The van der Waals surface area contributed by atoms with E-state index >= 15 is 0 Å². The van der Waals surface area contributed by atoms with Crippen LogP contribution in [0.15, 0.2) is 40.9 Å². The van der Waals surface area contributed by atoms with Gasteiger partial charge in [0.25, 0.3) is 5.91 Å². The molecule has 5 atom stereocenters. The second-order valence-electron chi connectivity index (χ2n) is 11.5. The number of benzene rings is 2. The number of amides is 1. The SMILES string of the molecule is CCNC(=O)c1noc(-c2cc(C(C)C)c(O[C@@H]3O[C@@H](C)[C@@H](O)[C@@H](O)[C@@H]3O)cc2O)c1-c1ccc(CN2CCOCC2)cc1. The maximum absolute atomic E-state index is 13.0. The number of carbonyl (C=O) groups excluding carboxylic acids is 1. The van der Waals surface area contributed by atoms with Gasteiger partial charge < -0.3 is 44.5 Å². The number of nitrogens with zero attached hydrogens (tertiary/aromatic N) is 2. The quantitative estimate of drug-likeness (QED) is 0.241. The van der Waals surface area contributed by atoms with Crippen molar-refractivity contribution in [2.24, 2.45) is 0 Å². The Labute approximate surface area is 256 Å². The molecule has 0 radical (unpaired) electrons. The summed E-state index contributed by atoms with van der Waals surface area (Å²) in [6, 6.07) is 10.9. The van der Waals surface area contributed by atoms with Crippen molar-refractivity contribution in [3.63, 3.8) is 0 Å². The number of phenolic OH excluding ortho intramolecular Hbond substituents is 1. The summed E-state index contributed by atoms with van der Waals surface area (Å²) >= 11 is 0. The average molecular weight is 612 g/mol. The molecule has 3 aromatic rings. The van der Waals surface area contributed by atoms with Crippen LogP contribution in [0.1, 0.15) is 55.2 Å². The number of hydrogen-bond acceptors (Lipinski definition) is 11. The first kappa shape index (κ1) is 31.9. The van der Waals surface area contributed by atoms with E-state index in [1.165, 1.54) is 6.07 Å². The first-order chi connectivity index (χ1) is 21.1. The summed E-state index contributed by atoms with van der Waals surface area (Å²) in [5.74, 6) is -0.312. The Bertz CT molecular complexity index is 1440. The van der Waals surface area contributed by atoms with Crippen molar-refractivity contribution in [1.29, 1.82) is 0 Å². The van der Waals surface area contributed by atoms with E-state index in [9.17, 15) is 25.2 Å². The van der Waals surface area contributed by atoms with Gasteiger partial charge in [-0.05, 0) is 42.5 Å². The zero-order valence-electron chi connectivity index (χ0n) is 25.4. The smallest absolute Gasteiger partial charge is 0.274 e. The molecule has 2 aliphatic rings. The normalized spacial score (nSPS) is 24.4. The van der Waals surface area contributed by atoms with Gasteiger partial charge in [0, 0.05) is 32.2 Å². The van der Waals surface area contributed by atoms with Gasteiger partial charge in [-0.15, -0.1) is 0 Å². The van der Waals surface area contributed by atoms with E-state index < -0.39 is 36.6 Å². The summed E-state index contributed by atoms with van der Waals surface area (Å²) in [6.45, 7) is 11.6. The van der Waals surface area contributed by atoms with Gasteiger partial charge in [-0.25, -0.2) is 0 Å². The first-order valence-corrected chi connectivity index (χ1v) is 15.0. The van der Waals surface area contributed by atoms with Crippen LogP contribution in [-0.4, -0.2) is 99.9 Å². The van der Waals surface area contributed by atoms with Crippen molar-refractivity contribution >= 4 is 5.91 Å². The summed E-state index contributed by atoms with van der Waals surface area (Å²) in [5.41, 5.74) is 3.27. The largest absolute Gasteiger partial charge is 0.507 e. The minimum absolute atomic E-state index is 0.0915. The second kappa shape index (κ2) is 13.6. The third kappa shape index (κ3) is 6.60. The number of rotatable bonds is 9. The molecule has 5 N–H and O–H groups in total. The van der Waals surface area contributed by atoms with E-state index in [2.05, 4.69) is 15.4 Å². The third-order valence-electron chi connectivity index (χ3n) is 8.04. The molecule has 0 aliphatic carbocycles. The van der Waals surface area contributed by atoms with Gasteiger partial charge in [0.1, 0.15) is 29.8 Å². The molecule has 12 nitrogen and oxygen atoms in total. The highest BCUT2D eigenvalue weighted by molar-refractivity contribution is 6.02. The van der Waals surface area contributed by atoms with Gasteiger partial charge in [0.05, 0.1) is 30.4 Å². The number of phenols is 1. The highest BCUT2D eigenvalue weighted by Crippen LogP contribution is 2.44. The number of morpholine rings is 1. The Kier molecular flexibility index (Phi) is 9.88. The topological polar surface area (TPSA) is 167 Å². The number of nitrogens with one attached hydrogen (secondary N) is 1. The molecule has 2 aliphatic heterocycles. The molecule has 0 saturated carbocycles. The molecule has 12 heteroatoms. The van der Waals surface area contributed by atoms with Crippen LogP contribution >= 0.6 is 0 Å². The number of aliphatic hydroxyl groups excluding tert-OH is 3. The van der Waals surface area contributed by atoms with Gasteiger partial charge in [0.2, 0.25) is 6.29 Å². The van der Waals surface area contributed by atoms with Crippen molar-refractivity contribution in [1.82, 2.24) is 15.4 Å². The summed E-state index contributed by atoms with van der Waals surface area (Å²) in [7, 11) is 0. The average Bonchev–Trinajstić information content (AvgIpc) is 3.45. The molecule has 44 heavy (non-hydrogen) atoms. The maximum atomic E-state index is 13.0. The lowest BCUT2D eigenvalue weighted by Gasteiger charge is -2.39. The fourth-order valence-corrected chi connectivity index (χ4v) is 5.49. The van der Waals surface area contributed by atoms with Gasteiger partial charge in [-0.2, -0.15) is 0 Å². The van der Waals surface area contributed by atoms with Gasteiger partial charge >= 0.3 is 0 Å². The minimum atomic E-state index is -1.52. The Morgan fingerprint density at radius 2 is 1.80 bits per heavy atom. The number of carbonyl (C=O) groups is 1. The highest BCUT2D eigenvalue weighted by Gasteiger charge is 2.43. The molecule has 3 heterocycles. The molecule has 2 fully saturated rings. The van der Waals surface area contributed by atoms with Crippen molar-refractivity contribution < 1.29 is 44.0 Å². The van der Waals surface area contributed by atoms with Crippen molar-refractivity contribution in [3.8, 4) is 33.9 Å². The van der Waals surface area contributed by atoms with Crippen LogP contribution in [0.2, 0.25) is 0 Å². The standard InChI is InChI=1S/C32H41N3O9/c1-5-33-31(40)26-25(20-8-6-19(7-9-20)16-35-10-12-41-13-11-35)30(44-34-26)22-14-21(17(2)3)24(15-23(22)36)43-32-29(39)28(38)27(37)18(4)42-32/h6-9,14-15,17-18,27-29,32,36-39H,5,10-13,16H2,1-4H3,(H,33,40)/t18-,27+,28+,29-,32-/m0/s1. The zero-order chi connectivity index (χ0) is 31.5. The Balaban J connectivity index is 1.51. The second-order valence-corrected chi connectivity index (χ2v) is 11.5. The summed E-state index contributed by atoms with van der Waals surface area (Å²) in [6.07, 6.45) is -6.34. The number of aliphatic hydroxyl groups is 3. The zero-order valence-corrected chi connectivity index (χ0v) is 25.4. The minimum Gasteiger partial charge on any atom is -0.507 e. The van der Waals surface area contributed by atoms with E-state index in [-0.39, 0.29) is 28.9 Å². The molecule has 0 spiro atoms. The number of aromatic hydroxyl groups is 1. The van der Waals surface area contributed by atoms with Crippen LogP contribution in [0, 0.1) is 0 Å². The predicted octanol–water partition coefficient (Wildman–Crippen LogP) is 2.63. The fourth-order valence-electron chi connectivity index (χ4n) is 5.49. The van der Waals surface area contributed by atoms with Gasteiger partial charge in [0.15, 0.2) is 11.5 Å². The predicted molar refractivity (Wildman–Crippen MR) is 160 cm³/mol. The molecule has 0 bridgehead atoms. The molecular formula is C32H41N3O9. The third-order valence-corrected chi connectivity index (χ3v) is 8.04. The number of ether oxygens (including phenoxy) is 3. The van der Waals surface area contributed by atoms with Crippen LogP contribution < -0.4 is 10.1 Å². The molecule has 5 rings (SSSR count). The molecular weight excluding hydrogens is 570 g/mol. The van der Waals surface area contributed by atoms with E-state index in [0.29, 0.717) is 42.0 Å². The van der Waals surface area contributed by atoms with Crippen molar-refractivity contribution in [2.75, 3.05) is 32.8 Å². The highest BCUT2D eigenvalue weighted by atomic mass is 16.7. The van der Waals surface area contributed by atoms with E-state index in [0.717, 1.165) is 25.2 Å². The van der Waals surface area contributed by atoms with Crippen LogP contribution in [0.3, 0.4) is 0 Å². The summed E-state index contributed by atoms with van der Waals surface area (Å²) in [5, 5.41) is 49.0. The van der Waals surface area contributed by atoms with Crippen molar-refractivity contribution in [3.05, 3.63) is 53.2 Å². The number of hydrogen-bond donors (Lipinski definition) is 5. The molecule has 1 amide bonds. The molecule has 2 aromatic carbocycles. The van der Waals surface area contributed by atoms with Crippen LogP contribution in [-0.2, 0) is 16.0 Å². The van der Waals surface area contributed by atoms with Crippen LogP contribution in [0.25, 0.3) is 22.5 Å². The monoisotopic (exact) mass is 611 g/mol. The lowest BCUT2D eigenvalue weighted by molar-refractivity contribution is -0.268. The Hall–Kier alpha value is -3.52. The Morgan fingerprint density at radius 3 is 2.45 bits per heavy atom. The van der Waals surface area contributed by atoms with Crippen molar-refractivity contribution in [2.45, 2.75) is 70.9 Å². The Morgan fingerprint density at radius 1 is 1.09 bits per heavy atom. The van der Waals surface area contributed by atoms with Crippen LogP contribution in [0.5, 0.6) is 11.5 Å². The summed E-state index contributed by atoms with van der Waals surface area (Å²) < 4.78 is 22.8. The molecule has 2 saturated heterocycles. The maximum Gasteiger partial charge on any atom is 0.274 e. The lowest BCUT2D eigenvalue weighted by atomic mass is 9.93. The summed E-state index contributed by atoms with van der Waals surface area (Å²) in [4.78, 5) is 15.4. The molecule has 238 valence electrons. The number of aromatic nitrogens is 1. The fraction of sp³-hybridized carbons (Fsp3) is 0.500. The lowest BCUT2D eigenvalue weighted by Crippen LogP contribution is -2.58. The van der Waals surface area contributed by atoms with E-state index in [4.69, 9.17) is 18.7 Å².